The average molecular weight is 784 g/mol. The molecule has 0 amide bonds. The summed E-state index contributed by atoms with van der Waals surface area (Å²) in [5, 5.41) is 2.07. The van der Waals surface area contributed by atoms with Crippen molar-refractivity contribution in [3.8, 4) is 34.2 Å². The van der Waals surface area contributed by atoms with E-state index in [4.69, 9.17) is 15.0 Å². The van der Waals surface area contributed by atoms with Gasteiger partial charge in [0.1, 0.15) is 0 Å². The first-order valence-electron chi connectivity index (χ1n) is 18.8. The molecule has 0 aliphatic rings. The molecular formula is C45H21N9O6. The predicted molar refractivity (Wildman–Crippen MR) is 226 cm³/mol. The number of para-hydroxylation sites is 3. The fourth-order valence-electron chi connectivity index (χ4n) is 8.92. The van der Waals surface area contributed by atoms with E-state index in [0.29, 0.717) is 65.9 Å². The second kappa shape index (κ2) is 11.0. The molecule has 13 aromatic rings. The molecule has 0 spiro atoms. The second-order valence-electron chi connectivity index (χ2n) is 14.8. The number of nitrogens with zero attached hydrogens (tertiary/aromatic N) is 9. The van der Waals surface area contributed by atoms with E-state index in [-0.39, 0.29) is 33.6 Å². The van der Waals surface area contributed by atoms with Gasteiger partial charge in [-0.3, -0.25) is 28.8 Å². The Morgan fingerprint density at radius 2 is 0.517 bits per heavy atom. The average Bonchev–Trinajstić information content (AvgIpc) is 4.08. The molecule has 0 radical (unpaired) electrons. The summed E-state index contributed by atoms with van der Waals surface area (Å²) in [4.78, 5) is 96.1. The maximum Gasteiger partial charge on any atom is 0.282 e. The van der Waals surface area contributed by atoms with Gasteiger partial charge in [0.05, 0.1) is 65.4 Å². The molecule has 0 fully saturated rings. The third-order valence-electron chi connectivity index (χ3n) is 11.6. The van der Waals surface area contributed by atoms with Crippen molar-refractivity contribution in [3.63, 3.8) is 0 Å². The first kappa shape index (κ1) is 32.3. The van der Waals surface area contributed by atoms with Crippen LogP contribution in [0.3, 0.4) is 0 Å². The van der Waals surface area contributed by atoms with Crippen LogP contribution in [0.1, 0.15) is 0 Å². The lowest BCUT2D eigenvalue weighted by Crippen LogP contribution is -2.21. The van der Waals surface area contributed by atoms with Crippen LogP contribution in [0.2, 0.25) is 0 Å². The van der Waals surface area contributed by atoms with Gasteiger partial charge in [0, 0.05) is 16.7 Å². The summed E-state index contributed by atoms with van der Waals surface area (Å²) >= 11 is 0. The Balaban J connectivity index is 1.05. The lowest BCUT2D eigenvalue weighted by Gasteiger charge is -2.09. The van der Waals surface area contributed by atoms with Gasteiger partial charge in [-0.25, -0.2) is 28.5 Å². The summed E-state index contributed by atoms with van der Waals surface area (Å²) in [6, 6.07) is 36.4. The van der Waals surface area contributed by atoms with Gasteiger partial charge in [0.2, 0.25) is 0 Å². The topological polar surface area (TPSA) is 168 Å². The third kappa shape index (κ3) is 3.89. The minimum absolute atomic E-state index is 0.167. The van der Waals surface area contributed by atoms with Crippen LogP contribution in [0, 0.1) is 0 Å². The first-order chi connectivity index (χ1) is 29.3. The van der Waals surface area contributed by atoms with E-state index in [2.05, 4.69) is 0 Å². The van der Waals surface area contributed by atoms with E-state index in [0.717, 1.165) is 13.5 Å². The zero-order valence-electron chi connectivity index (χ0n) is 30.6. The van der Waals surface area contributed by atoms with Crippen molar-refractivity contribution in [3.05, 3.63) is 190 Å². The van der Waals surface area contributed by atoms with Crippen LogP contribution in [0.4, 0.5) is 0 Å². The van der Waals surface area contributed by atoms with Crippen molar-refractivity contribution >= 4 is 65.4 Å². The number of hydrogen-bond donors (Lipinski definition) is 0. The number of fused-ring (bicyclic) bond motifs is 15. The molecule has 6 aromatic carbocycles. The summed E-state index contributed by atoms with van der Waals surface area (Å²) in [5.74, 6) is 0.500. The Kier molecular flexibility index (Phi) is 5.89. The van der Waals surface area contributed by atoms with Gasteiger partial charge in [-0.15, -0.1) is 0 Å². The van der Waals surface area contributed by atoms with E-state index in [1.807, 2.05) is 0 Å². The first-order valence-corrected chi connectivity index (χ1v) is 18.8. The monoisotopic (exact) mass is 783 g/mol. The quantitative estimate of drug-likeness (QED) is 0.254. The van der Waals surface area contributed by atoms with Crippen molar-refractivity contribution in [1.82, 2.24) is 42.0 Å². The molecule has 7 aromatic heterocycles. The van der Waals surface area contributed by atoms with Crippen LogP contribution in [0.5, 0.6) is 0 Å². The zero-order chi connectivity index (χ0) is 40.3. The van der Waals surface area contributed by atoms with Crippen LogP contribution in [-0.2, 0) is 0 Å². The molecule has 15 heteroatoms. The van der Waals surface area contributed by atoms with Crippen molar-refractivity contribution in [2.45, 2.75) is 0 Å². The van der Waals surface area contributed by atoms with Gasteiger partial charge in [-0.2, -0.15) is 13.5 Å². The summed E-state index contributed by atoms with van der Waals surface area (Å²) < 4.78 is 8.13. The van der Waals surface area contributed by atoms with Crippen LogP contribution in [-0.4, -0.2) is 42.0 Å². The van der Waals surface area contributed by atoms with Gasteiger partial charge in [-0.1, -0.05) is 36.4 Å². The maximum atomic E-state index is 13.8. The highest BCUT2D eigenvalue weighted by Gasteiger charge is 2.23. The van der Waals surface area contributed by atoms with Crippen LogP contribution >= 0.6 is 0 Å². The van der Waals surface area contributed by atoms with E-state index in [1.54, 1.807) is 141 Å². The lowest BCUT2D eigenvalue weighted by atomic mass is 10.1. The Bertz CT molecular complexity index is 4000. The summed E-state index contributed by atoms with van der Waals surface area (Å²) in [6.07, 6.45) is 0. The molecule has 0 aliphatic carbocycles. The molecule has 0 saturated heterocycles. The number of benzene rings is 6. The molecule has 60 heavy (non-hydrogen) atoms. The molecule has 13 rings (SSSR count). The van der Waals surface area contributed by atoms with Gasteiger partial charge in [-0.05, 0) is 91.0 Å². The Morgan fingerprint density at radius 3 is 0.817 bits per heavy atom. The minimum atomic E-state index is -0.504. The second-order valence-corrected chi connectivity index (χ2v) is 14.8. The van der Waals surface area contributed by atoms with Crippen molar-refractivity contribution in [2.75, 3.05) is 0 Å². The fraction of sp³-hybridized carbons (Fsp3) is 0. The van der Waals surface area contributed by atoms with E-state index in [1.165, 1.54) is 0 Å². The zero-order valence-corrected chi connectivity index (χ0v) is 30.6. The summed E-state index contributed by atoms with van der Waals surface area (Å²) in [6.45, 7) is 0. The SMILES string of the molecule is O=c1c2ccccc2n2c3ccc(-c4nc(-c5ccc6c(c5)c(=O)n5c(=O)c7ccccc7n65)nc(-c5ccc6c(c5)c(=O)n5c(=O)c7ccccc7n65)n4)cc3c(=O)n12. The summed E-state index contributed by atoms with van der Waals surface area (Å²) in [7, 11) is 0. The van der Waals surface area contributed by atoms with E-state index >= 15 is 0 Å². The Hall–Kier alpha value is -8.85. The Labute approximate surface area is 330 Å². The van der Waals surface area contributed by atoms with Crippen molar-refractivity contribution in [1.29, 1.82) is 0 Å². The van der Waals surface area contributed by atoms with Gasteiger partial charge in [0.25, 0.3) is 33.4 Å². The molecule has 0 atom stereocenters. The molecular weight excluding hydrogens is 763 g/mol. The lowest BCUT2D eigenvalue weighted by molar-refractivity contribution is 0.841. The highest BCUT2D eigenvalue weighted by molar-refractivity contribution is 5.93. The number of hydrogen-bond acceptors (Lipinski definition) is 9. The van der Waals surface area contributed by atoms with Crippen molar-refractivity contribution in [2.24, 2.45) is 0 Å². The van der Waals surface area contributed by atoms with Crippen LogP contribution in [0.15, 0.2) is 156 Å². The largest absolute Gasteiger partial charge is 0.282 e. The number of aromatic nitrogens is 9. The molecule has 0 aliphatic heterocycles. The molecule has 7 heterocycles. The third-order valence-corrected chi connectivity index (χ3v) is 11.6. The normalized spacial score (nSPS) is 12.4. The molecule has 0 saturated carbocycles. The number of rotatable bonds is 3. The smallest absolute Gasteiger partial charge is 0.267 e. The predicted octanol–water partition coefficient (Wildman–Crippen LogP) is 4.32. The molecule has 282 valence electrons. The maximum absolute atomic E-state index is 13.8. The molecule has 0 bridgehead atoms. The molecule has 0 N–H and O–H groups in total. The highest BCUT2D eigenvalue weighted by Crippen LogP contribution is 2.30. The molecule has 0 unspecified atom stereocenters. The fourth-order valence-corrected chi connectivity index (χ4v) is 8.92. The summed E-state index contributed by atoms with van der Waals surface area (Å²) in [5.41, 5.74) is 1.83. The van der Waals surface area contributed by atoms with Gasteiger partial charge < -0.3 is 0 Å². The van der Waals surface area contributed by atoms with Crippen LogP contribution in [0.25, 0.3) is 99.6 Å². The van der Waals surface area contributed by atoms with Gasteiger partial charge >= 0.3 is 0 Å². The molecule has 15 nitrogen and oxygen atoms in total. The minimum Gasteiger partial charge on any atom is -0.267 e. The van der Waals surface area contributed by atoms with Crippen LogP contribution < -0.4 is 33.4 Å². The van der Waals surface area contributed by atoms with E-state index < -0.39 is 33.4 Å². The standard InChI is InChI=1S/C45H21N9O6/c55-40-25-7-1-4-10-31(25)49-34-16-13-22(19-28(34)43(58)52(40)49)37-46-38(23-14-17-35-29(20-23)44(59)53-41(56)26-8-2-5-11-32(26)50(35)53)48-39(47-37)24-15-18-36-30(21-24)45(60)54-42(57)27-9-3-6-12-33(27)51(36)54/h1-21H. The van der Waals surface area contributed by atoms with Crippen molar-refractivity contribution < 1.29 is 0 Å². The van der Waals surface area contributed by atoms with Gasteiger partial charge in [0.15, 0.2) is 17.5 Å². The highest BCUT2D eigenvalue weighted by atomic mass is 16.2. The van der Waals surface area contributed by atoms with E-state index in [9.17, 15) is 28.8 Å². The Morgan fingerprint density at radius 1 is 0.267 bits per heavy atom.